The first-order valence-electron chi connectivity index (χ1n) is 6.98. The van der Waals surface area contributed by atoms with Crippen molar-refractivity contribution in [3.8, 4) is 0 Å². The zero-order valence-electron chi connectivity index (χ0n) is 11.8. The number of carbonyl (C=O) groups excluding carboxylic acids is 2. The van der Waals surface area contributed by atoms with Gasteiger partial charge in [0.25, 0.3) is 5.91 Å². The number of likely N-dealkylation sites (tertiary alicyclic amines) is 1. The lowest BCUT2D eigenvalue weighted by molar-refractivity contribution is -0.131. The Labute approximate surface area is 119 Å². The predicted molar refractivity (Wildman–Crippen MR) is 76.5 cm³/mol. The number of hydrazine groups is 1. The molecule has 1 aliphatic heterocycles. The zero-order valence-corrected chi connectivity index (χ0v) is 11.8. The molecule has 0 aromatic heterocycles. The molecule has 1 atom stereocenters. The lowest BCUT2D eigenvalue weighted by Crippen LogP contribution is -2.31. The summed E-state index contributed by atoms with van der Waals surface area (Å²) in [4.78, 5) is 25.4. The molecule has 108 valence electrons. The Morgan fingerprint density at radius 2 is 2.25 bits per heavy atom. The Morgan fingerprint density at radius 3 is 3.00 bits per heavy atom. The van der Waals surface area contributed by atoms with Crippen molar-refractivity contribution in [3.05, 3.63) is 35.4 Å². The van der Waals surface area contributed by atoms with Crippen molar-refractivity contribution in [2.45, 2.75) is 32.7 Å². The summed E-state index contributed by atoms with van der Waals surface area (Å²) in [5.41, 5.74) is 3.58. The molecule has 2 rings (SSSR count). The molecule has 1 saturated heterocycles. The Hall–Kier alpha value is -1.88. The molecule has 1 aromatic carbocycles. The number of rotatable bonds is 3. The van der Waals surface area contributed by atoms with Gasteiger partial charge in [-0.15, -0.1) is 0 Å². The van der Waals surface area contributed by atoms with Crippen LogP contribution in [0.3, 0.4) is 0 Å². The molecule has 3 N–H and O–H groups in total. The topological polar surface area (TPSA) is 75.4 Å². The fraction of sp³-hybridized carbons (Fsp3) is 0.467. The molecule has 5 heteroatoms. The fourth-order valence-corrected chi connectivity index (χ4v) is 2.46. The van der Waals surface area contributed by atoms with E-state index in [9.17, 15) is 9.59 Å². The van der Waals surface area contributed by atoms with Gasteiger partial charge in [0.15, 0.2) is 0 Å². The number of carbonyl (C=O) groups is 2. The Kier molecular flexibility index (Phi) is 4.74. The summed E-state index contributed by atoms with van der Waals surface area (Å²) >= 11 is 0. The normalized spacial score (nSPS) is 19.6. The summed E-state index contributed by atoms with van der Waals surface area (Å²) in [6.07, 6.45) is 2.61. The number of nitrogen functional groups attached to an aromatic ring is 1. The van der Waals surface area contributed by atoms with Crippen LogP contribution >= 0.6 is 0 Å². The number of amides is 2. The SMILES string of the molecule is CC1CCC(=O)N(Cc2cccc(C(=O)NN)c2)CC1. The van der Waals surface area contributed by atoms with Crippen molar-refractivity contribution in [3.63, 3.8) is 0 Å². The maximum Gasteiger partial charge on any atom is 0.265 e. The highest BCUT2D eigenvalue weighted by molar-refractivity contribution is 5.93. The quantitative estimate of drug-likeness (QED) is 0.498. The van der Waals surface area contributed by atoms with Gasteiger partial charge in [-0.2, -0.15) is 0 Å². The lowest BCUT2D eigenvalue weighted by atomic mass is 10.0. The highest BCUT2D eigenvalue weighted by Crippen LogP contribution is 2.19. The summed E-state index contributed by atoms with van der Waals surface area (Å²) in [5.74, 6) is 5.61. The van der Waals surface area contributed by atoms with Crippen molar-refractivity contribution in [2.24, 2.45) is 11.8 Å². The first-order valence-corrected chi connectivity index (χ1v) is 6.98. The maximum absolute atomic E-state index is 12.1. The predicted octanol–water partition coefficient (Wildman–Crippen LogP) is 1.44. The molecule has 2 amide bonds. The van der Waals surface area contributed by atoms with Crippen LogP contribution in [0.4, 0.5) is 0 Å². The second-order valence-corrected chi connectivity index (χ2v) is 5.42. The van der Waals surface area contributed by atoms with Gasteiger partial charge in [-0.3, -0.25) is 15.0 Å². The van der Waals surface area contributed by atoms with E-state index in [2.05, 4.69) is 12.3 Å². The lowest BCUT2D eigenvalue weighted by Gasteiger charge is -2.21. The summed E-state index contributed by atoms with van der Waals surface area (Å²) in [6.45, 7) is 3.52. The van der Waals surface area contributed by atoms with E-state index in [1.807, 2.05) is 17.0 Å². The summed E-state index contributed by atoms with van der Waals surface area (Å²) in [6, 6.07) is 7.22. The van der Waals surface area contributed by atoms with Crippen LogP contribution in [0.15, 0.2) is 24.3 Å². The van der Waals surface area contributed by atoms with Crippen molar-refractivity contribution >= 4 is 11.8 Å². The monoisotopic (exact) mass is 275 g/mol. The average Bonchev–Trinajstić information content (AvgIpc) is 2.62. The Balaban J connectivity index is 2.09. The van der Waals surface area contributed by atoms with E-state index in [0.717, 1.165) is 24.9 Å². The van der Waals surface area contributed by atoms with Crippen molar-refractivity contribution < 1.29 is 9.59 Å². The molecule has 1 aromatic rings. The van der Waals surface area contributed by atoms with Crippen LogP contribution < -0.4 is 11.3 Å². The second kappa shape index (κ2) is 6.52. The maximum atomic E-state index is 12.1. The molecule has 1 fully saturated rings. The molecule has 20 heavy (non-hydrogen) atoms. The van der Waals surface area contributed by atoms with Crippen LogP contribution in [0.2, 0.25) is 0 Å². The van der Waals surface area contributed by atoms with Gasteiger partial charge in [-0.25, -0.2) is 5.84 Å². The van der Waals surface area contributed by atoms with E-state index in [-0.39, 0.29) is 11.8 Å². The second-order valence-electron chi connectivity index (χ2n) is 5.42. The van der Waals surface area contributed by atoms with Gasteiger partial charge in [0.1, 0.15) is 0 Å². The van der Waals surface area contributed by atoms with E-state index in [0.29, 0.717) is 24.4 Å². The van der Waals surface area contributed by atoms with Gasteiger partial charge >= 0.3 is 0 Å². The third-order valence-corrected chi connectivity index (χ3v) is 3.79. The van der Waals surface area contributed by atoms with Gasteiger partial charge in [0.05, 0.1) is 0 Å². The Morgan fingerprint density at radius 1 is 1.45 bits per heavy atom. The minimum Gasteiger partial charge on any atom is -0.338 e. The zero-order chi connectivity index (χ0) is 14.5. The van der Waals surface area contributed by atoms with Gasteiger partial charge in [-0.05, 0) is 36.5 Å². The van der Waals surface area contributed by atoms with Crippen molar-refractivity contribution in [1.29, 1.82) is 0 Å². The molecular formula is C15H21N3O2. The summed E-state index contributed by atoms with van der Waals surface area (Å²) < 4.78 is 0. The first-order chi connectivity index (χ1) is 9.60. The van der Waals surface area contributed by atoms with E-state index in [1.165, 1.54) is 0 Å². The standard InChI is InChI=1S/C15H21N3O2/c1-11-5-6-14(19)18(8-7-11)10-12-3-2-4-13(9-12)15(20)17-16/h2-4,9,11H,5-8,10,16H2,1H3,(H,17,20). The summed E-state index contributed by atoms with van der Waals surface area (Å²) in [5, 5.41) is 0. The smallest absolute Gasteiger partial charge is 0.265 e. The van der Waals surface area contributed by atoms with E-state index >= 15 is 0 Å². The molecule has 0 bridgehead atoms. The highest BCUT2D eigenvalue weighted by atomic mass is 16.2. The van der Waals surface area contributed by atoms with E-state index in [1.54, 1.807) is 12.1 Å². The van der Waals surface area contributed by atoms with Gasteiger partial charge in [-0.1, -0.05) is 19.1 Å². The molecule has 0 aliphatic carbocycles. The highest BCUT2D eigenvalue weighted by Gasteiger charge is 2.20. The number of benzene rings is 1. The summed E-state index contributed by atoms with van der Waals surface area (Å²) in [7, 11) is 0. The van der Waals surface area contributed by atoms with Gasteiger partial charge in [0, 0.05) is 25.1 Å². The molecule has 0 saturated carbocycles. The number of nitrogens with two attached hydrogens (primary N) is 1. The van der Waals surface area contributed by atoms with Gasteiger partial charge < -0.3 is 4.90 Å². The van der Waals surface area contributed by atoms with Crippen LogP contribution in [0, 0.1) is 5.92 Å². The fourth-order valence-electron chi connectivity index (χ4n) is 2.46. The van der Waals surface area contributed by atoms with Crippen LogP contribution in [-0.4, -0.2) is 23.3 Å². The van der Waals surface area contributed by atoms with Crippen LogP contribution in [0.25, 0.3) is 0 Å². The van der Waals surface area contributed by atoms with Crippen LogP contribution in [-0.2, 0) is 11.3 Å². The number of hydrogen-bond acceptors (Lipinski definition) is 3. The average molecular weight is 275 g/mol. The number of nitrogens with zero attached hydrogens (tertiary/aromatic N) is 1. The van der Waals surface area contributed by atoms with Crippen molar-refractivity contribution in [2.75, 3.05) is 6.54 Å². The molecule has 1 aliphatic rings. The third kappa shape index (κ3) is 3.57. The minimum absolute atomic E-state index is 0.197. The molecular weight excluding hydrogens is 254 g/mol. The molecule has 1 heterocycles. The molecule has 1 unspecified atom stereocenters. The van der Waals surface area contributed by atoms with Crippen molar-refractivity contribution in [1.82, 2.24) is 10.3 Å². The number of hydrogen-bond donors (Lipinski definition) is 2. The van der Waals surface area contributed by atoms with Gasteiger partial charge in [0.2, 0.25) is 5.91 Å². The molecule has 5 nitrogen and oxygen atoms in total. The largest absolute Gasteiger partial charge is 0.338 e. The third-order valence-electron chi connectivity index (χ3n) is 3.79. The number of nitrogens with one attached hydrogen (secondary N) is 1. The first kappa shape index (κ1) is 14.5. The molecule has 0 radical (unpaired) electrons. The van der Waals surface area contributed by atoms with Crippen LogP contribution in [0.5, 0.6) is 0 Å². The minimum atomic E-state index is -0.317. The van der Waals surface area contributed by atoms with E-state index < -0.39 is 0 Å². The van der Waals surface area contributed by atoms with E-state index in [4.69, 9.17) is 5.84 Å². The molecule has 0 spiro atoms. The van der Waals surface area contributed by atoms with Crippen LogP contribution in [0.1, 0.15) is 42.1 Å². The Bertz CT molecular complexity index is 502.